The summed E-state index contributed by atoms with van der Waals surface area (Å²) in [5, 5.41) is 6.15. The number of nitrogens with zero attached hydrogens (tertiary/aromatic N) is 1. The van der Waals surface area contributed by atoms with Crippen LogP contribution in [0, 0.1) is 0 Å². The molecule has 1 aliphatic heterocycles. The van der Waals surface area contributed by atoms with Crippen LogP contribution in [-0.4, -0.2) is 34.4 Å². The van der Waals surface area contributed by atoms with Crippen LogP contribution in [0.5, 0.6) is 0 Å². The molecule has 0 aliphatic carbocycles. The predicted octanol–water partition coefficient (Wildman–Crippen LogP) is 1.03. The lowest BCUT2D eigenvalue weighted by atomic mass is 10.1. The number of aryl methyl sites for hydroxylation is 1. The number of benzene rings is 1. The quantitative estimate of drug-likeness (QED) is 0.755. The van der Waals surface area contributed by atoms with Gasteiger partial charge in [0.25, 0.3) is 5.56 Å². The van der Waals surface area contributed by atoms with E-state index in [4.69, 9.17) is 0 Å². The maximum Gasteiger partial charge on any atom is 0.258 e. The Kier molecular flexibility index (Phi) is 5.42. The lowest BCUT2D eigenvalue weighted by Crippen LogP contribution is -2.45. The van der Waals surface area contributed by atoms with Crippen molar-refractivity contribution in [2.45, 2.75) is 44.6 Å². The van der Waals surface area contributed by atoms with Gasteiger partial charge in [0.05, 0.1) is 10.9 Å². The highest BCUT2D eigenvalue weighted by Crippen LogP contribution is 2.08. The van der Waals surface area contributed by atoms with Crippen LogP contribution in [0.4, 0.5) is 0 Å². The molecule has 132 valence electrons. The topological polar surface area (TPSA) is 104 Å². The van der Waals surface area contributed by atoms with Gasteiger partial charge < -0.3 is 15.6 Å². The first-order valence-electron chi connectivity index (χ1n) is 8.68. The molecule has 25 heavy (non-hydrogen) atoms. The zero-order chi connectivity index (χ0) is 17.6. The Balaban J connectivity index is 1.53. The second-order valence-corrected chi connectivity index (χ2v) is 6.29. The molecule has 1 aliphatic rings. The number of aromatic amines is 1. The van der Waals surface area contributed by atoms with Gasteiger partial charge in [-0.15, -0.1) is 0 Å². The minimum absolute atomic E-state index is 0.105. The first-order valence-corrected chi connectivity index (χ1v) is 8.68. The van der Waals surface area contributed by atoms with Crippen LogP contribution in [-0.2, 0) is 16.0 Å². The number of nitrogens with one attached hydrogen (secondary N) is 3. The summed E-state index contributed by atoms with van der Waals surface area (Å²) >= 11 is 0. The van der Waals surface area contributed by atoms with Gasteiger partial charge in [0.15, 0.2) is 0 Å². The van der Waals surface area contributed by atoms with Gasteiger partial charge >= 0.3 is 0 Å². The number of carbonyl (C=O) groups excluding carboxylic acids is 2. The lowest BCUT2D eigenvalue weighted by Gasteiger charge is -2.15. The minimum Gasteiger partial charge on any atom is -0.354 e. The summed E-state index contributed by atoms with van der Waals surface area (Å²) < 4.78 is 0. The number of carbonyl (C=O) groups is 2. The Morgan fingerprint density at radius 2 is 2.08 bits per heavy atom. The van der Waals surface area contributed by atoms with Crippen LogP contribution in [0.3, 0.4) is 0 Å². The van der Waals surface area contributed by atoms with Crippen LogP contribution in [0.2, 0.25) is 0 Å². The van der Waals surface area contributed by atoms with E-state index in [9.17, 15) is 14.4 Å². The summed E-state index contributed by atoms with van der Waals surface area (Å²) in [6.07, 6.45) is 3.90. The average molecular weight is 342 g/mol. The molecule has 1 atom stereocenters. The summed E-state index contributed by atoms with van der Waals surface area (Å²) in [7, 11) is 0. The van der Waals surface area contributed by atoms with Crippen molar-refractivity contribution in [3.05, 3.63) is 40.4 Å². The Labute approximate surface area is 145 Å². The van der Waals surface area contributed by atoms with Gasteiger partial charge in [-0.3, -0.25) is 14.4 Å². The van der Waals surface area contributed by atoms with Crippen molar-refractivity contribution < 1.29 is 9.59 Å². The summed E-state index contributed by atoms with van der Waals surface area (Å²) in [5.41, 5.74) is 0.487. The van der Waals surface area contributed by atoms with Crippen molar-refractivity contribution >= 4 is 22.7 Å². The Morgan fingerprint density at radius 1 is 1.24 bits per heavy atom. The molecule has 2 aromatic rings. The van der Waals surface area contributed by atoms with Crippen LogP contribution in [0.25, 0.3) is 10.9 Å². The highest BCUT2D eigenvalue weighted by atomic mass is 16.2. The molecule has 2 heterocycles. The van der Waals surface area contributed by atoms with E-state index in [2.05, 4.69) is 20.6 Å². The van der Waals surface area contributed by atoms with E-state index in [-0.39, 0.29) is 17.4 Å². The first-order chi connectivity index (χ1) is 12.1. The highest BCUT2D eigenvalue weighted by Gasteiger charge is 2.21. The zero-order valence-corrected chi connectivity index (χ0v) is 14.0. The van der Waals surface area contributed by atoms with E-state index >= 15 is 0 Å². The number of aromatic nitrogens is 2. The Bertz CT molecular complexity index is 830. The number of para-hydroxylation sites is 1. The minimum atomic E-state index is -0.436. The third-order valence-electron chi connectivity index (χ3n) is 4.35. The van der Waals surface area contributed by atoms with E-state index in [1.807, 2.05) is 6.07 Å². The molecule has 0 radical (unpaired) electrons. The lowest BCUT2D eigenvalue weighted by molar-refractivity contribution is -0.128. The van der Waals surface area contributed by atoms with Crippen LogP contribution >= 0.6 is 0 Å². The van der Waals surface area contributed by atoms with Crippen LogP contribution in [0.15, 0.2) is 29.1 Å². The number of hydrogen-bond donors (Lipinski definition) is 3. The molecule has 1 saturated heterocycles. The molecule has 1 aromatic heterocycles. The van der Waals surface area contributed by atoms with Crippen molar-refractivity contribution in [3.8, 4) is 0 Å². The molecule has 0 saturated carbocycles. The van der Waals surface area contributed by atoms with Crippen molar-refractivity contribution in [2.75, 3.05) is 6.54 Å². The zero-order valence-electron chi connectivity index (χ0n) is 14.0. The van der Waals surface area contributed by atoms with Gasteiger partial charge in [0, 0.05) is 19.4 Å². The maximum atomic E-state index is 12.1. The number of H-pyrrole nitrogens is 1. The van der Waals surface area contributed by atoms with Crippen molar-refractivity contribution in [1.29, 1.82) is 0 Å². The number of rotatable bonds is 5. The fourth-order valence-corrected chi connectivity index (χ4v) is 3.01. The SMILES string of the molecule is O=C(CCCc1nc2ccccc2c(=O)[nH]1)N[C@H]1CCCCNC1=O. The first kappa shape index (κ1) is 17.1. The van der Waals surface area contributed by atoms with Crippen LogP contribution < -0.4 is 16.2 Å². The average Bonchev–Trinajstić information content (AvgIpc) is 2.80. The Morgan fingerprint density at radius 3 is 2.96 bits per heavy atom. The smallest absolute Gasteiger partial charge is 0.258 e. The molecular formula is C18H22N4O3. The molecule has 3 N–H and O–H groups in total. The van der Waals surface area contributed by atoms with Gasteiger partial charge in [0.1, 0.15) is 11.9 Å². The Hall–Kier alpha value is -2.70. The highest BCUT2D eigenvalue weighted by molar-refractivity contribution is 5.87. The van der Waals surface area contributed by atoms with E-state index in [0.717, 1.165) is 12.8 Å². The second-order valence-electron chi connectivity index (χ2n) is 6.29. The molecule has 0 bridgehead atoms. The fourth-order valence-electron chi connectivity index (χ4n) is 3.01. The molecule has 1 aromatic carbocycles. The summed E-state index contributed by atoms with van der Waals surface area (Å²) in [6, 6.07) is 6.73. The van der Waals surface area contributed by atoms with Gasteiger partial charge in [-0.1, -0.05) is 12.1 Å². The normalized spacial score (nSPS) is 17.8. The molecule has 0 spiro atoms. The maximum absolute atomic E-state index is 12.1. The standard InChI is InChI=1S/C18H22N4O3/c23-16(21-14-8-3-4-11-19-18(14)25)10-5-9-15-20-13-7-2-1-6-12(13)17(24)22-15/h1-2,6-7,14H,3-5,8-11H2,(H,19,25)(H,21,23)(H,20,22,24)/t14-/m0/s1. The fraction of sp³-hybridized carbons (Fsp3) is 0.444. The predicted molar refractivity (Wildman–Crippen MR) is 94.1 cm³/mol. The molecule has 2 amide bonds. The third-order valence-corrected chi connectivity index (χ3v) is 4.35. The monoisotopic (exact) mass is 342 g/mol. The van der Waals surface area contributed by atoms with E-state index in [1.165, 1.54) is 0 Å². The van der Waals surface area contributed by atoms with Gasteiger partial charge in [-0.25, -0.2) is 4.98 Å². The summed E-state index contributed by atoms with van der Waals surface area (Å²) in [4.78, 5) is 43.1. The number of fused-ring (bicyclic) bond motifs is 1. The largest absolute Gasteiger partial charge is 0.354 e. The molecule has 7 nitrogen and oxygen atoms in total. The molecule has 3 rings (SSSR count). The molecule has 0 unspecified atom stereocenters. The molecule has 7 heteroatoms. The van der Waals surface area contributed by atoms with Crippen LogP contribution in [0.1, 0.15) is 37.9 Å². The second kappa shape index (κ2) is 7.92. The van der Waals surface area contributed by atoms with Gasteiger partial charge in [-0.2, -0.15) is 0 Å². The van der Waals surface area contributed by atoms with E-state index < -0.39 is 6.04 Å². The van der Waals surface area contributed by atoms with Gasteiger partial charge in [0.2, 0.25) is 11.8 Å². The van der Waals surface area contributed by atoms with Crippen molar-refractivity contribution in [3.63, 3.8) is 0 Å². The molecule has 1 fully saturated rings. The summed E-state index contributed by atoms with van der Waals surface area (Å²) in [5.74, 6) is 0.320. The van der Waals surface area contributed by atoms with E-state index in [0.29, 0.717) is 49.0 Å². The molecular weight excluding hydrogens is 320 g/mol. The van der Waals surface area contributed by atoms with Crippen molar-refractivity contribution in [1.82, 2.24) is 20.6 Å². The van der Waals surface area contributed by atoms with E-state index in [1.54, 1.807) is 18.2 Å². The van der Waals surface area contributed by atoms with Gasteiger partial charge in [-0.05, 0) is 37.8 Å². The number of hydrogen-bond acceptors (Lipinski definition) is 4. The third kappa shape index (κ3) is 4.43. The van der Waals surface area contributed by atoms with Crippen molar-refractivity contribution in [2.24, 2.45) is 0 Å². The number of amides is 2. The summed E-state index contributed by atoms with van der Waals surface area (Å²) in [6.45, 7) is 0.673.